The highest BCUT2D eigenvalue weighted by Gasteiger charge is 2.23. The van der Waals surface area contributed by atoms with Crippen molar-refractivity contribution in [2.75, 3.05) is 0 Å². The van der Waals surface area contributed by atoms with Crippen LogP contribution in [0.15, 0.2) is 12.5 Å². The second kappa shape index (κ2) is 4.44. The van der Waals surface area contributed by atoms with Gasteiger partial charge in [-0.15, -0.1) is 0 Å². The van der Waals surface area contributed by atoms with Crippen LogP contribution in [0.2, 0.25) is 0 Å². The lowest BCUT2D eigenvalue weighted by atomic mass is 10.1. The van der Waals surface area contributed by atoms with E-state index in [0.717, 1.165) is 12.2 Å². The van der Waals surface area contributed by atoms with E-state index in [-0.39, 0.29) is 5.91 Å². The van der Waals surface area contributed by atoms with Gasteiger partial charge in [0.1, 0.15) is 0 Å². The average Bonchev–Trinajstić information content (AvgIpc) is 2.61. The summed E-state index contributed by atoms with van der Waals surface area (Å²) in [4.78, 5) is 15.1. The van der Waals surface area contributed by atoms with Gasteiger partial charge in [-0.1, -0.05) is 0 Å². The molecule has 1 aromatic rings. The van der Waals surface area contributed by atoms with Gasteiger partial charge < -0.3 is 10.3 Å². The number of carbonyl (C=O) groups is 1. The summed E-state index contributed by atoms with van der Waals surface area (Å²) in [6.45, 7) is 7.03. The lowest BCUT2D eigenvalue weighted by molar-refractivity contribution is -0.123. The third kappa shape index (κ3) is 2.79. The summed E-state index contributed by atoms with van der Waals surface area (Å²) in [5.41, 5.74) is 5.61. The number of imidazole rings is 1. The summed E-state index contributed by atoms with van der Waals surface area (Å²) in [5.74, 6) is -0.356. The molecule has 1 heterocycles. The van der Waals surface area contributed by atoms with E-state index in [9.17, 15) is 4.79 Å². The van der Waals surface area contributed by atoms with Gasteiger partial charge in [0, 0.05) is 19.3 Å². The molecule has 84 valence electrons. The summed E-state index contributed by atoms with van der Waals surface area (Å²) in [5, 5.41) is 3.10. The summed E-state index contributed by atoms with van der Waals surface area (Å²) in [6, 6.07) is 0. The first kappa shape index (κ1) is 11.7. The first-order valence-electron chi connectivity index (χ1n) is 5.01. The summed E-state index contributed by atoms with van der Waals surface area (Å²) in [6.07, 6.45) is 3.56. The molecule has 0 atom stereocenters. The summed E-state index contributed by atoms with van der Waals surface area (Å²) >= 11 is 0. The van der Waals surface area contributed by atoms with Gasteiger partial charge in [-0.05, 0) is 20.8 Å². The third-order valence-corrected chi connectivity index (χ3v) is 2.47. The number of hydrogen-bond acceptors (Lipinski definition) is 3. The van der Waals surface area contributed by atoms with E-state index in [2.05, 4.69) is 10.3 Å². The topological polar surface area (TPSA) is 72.9 Å². The third-order valence-electron chi connectivity index (χ3n) is 2.47. The van der Waals surface area contributed by atoms with Crippen LogP contribution in [0.4, 0.5) is 0 Å². The fourth-order valence-electron chi connectivity index (χ4n) is 1.18. The van der Waals surface area contributed by atoms with Gasteiger partial charge in [-0.2, -0.15) is 0 Å². The Balaban J connectivity index is 2.61. The predicted octanol–water partition coefficient (Wildman–Crippen LogP) is 0.256. The van der Waals surface area contributed by atoms with E-state index in [1.165, 1.54) is 0 Å². The van der Waals surface area contributed by atoms with Crippen LogP contribution in [0, 0.1) is 0 Å². The minimum Gasteiger partial charge on any atom is -0.368 e. The number of carbonyl (C=O) groups excluding carboxylic acids is 1. The van der Waals surface area contributed by atoms with Gasteiger partial charge in [0.05, 0.1) is 17.6 Å². The van der Waals surface area contributed by atoms with Crippen molar-refractivity contribution in [3.05, 3.63) is 18.2 Å². The Morgan fingerprint density at radius 2 is 2.33 bits per heavy atom. The van der Waals surface area contributed by atoms with Crippen LogP contribution in [0.3, 0.4) is 0 Å². The fourth-order valence-corrected chi connectivity index (χ4v) is 1.18. The summed E-state index contributed by atoms with van der Waals surface area (Å²) in [7, 11) is 0. The van der Waals surface area contributed by atoms with Gasteiger partial charge >= 0.3 is 0 Å². The van der Waals surface area contributed by atoms with E-state index in [1.807, 2.05) is 11.5 Å². The molecule has 0 aliphatic carbocycles. The van der Waals surface area contributed by atoms with Crippen molar-refractivity contribution in [2.24, 2.45) is 5.73 Å². The molecular weight excluding hydrogens is 192 g/mol. The second-order valence-corrected chi connectivity index (χ2v) is 4.01. The molecule has 0 radical (unpaired) electrons. The van der Waals surface area contributed by atoms with Crippen molar-refractivity contribution in [3.63, 3.8) is 0 Å². The maximum Gasteiger partial charge on any atom is 0.237 e. The van der Waals surface area contributed by atoms with Crippen LogP contribution in [-0.4, -0.2) is 21.0 Å². The Labute approximate surface area is 89.7 Å². The van der Waals surface area contributed by atoms with Crippen LogP contribution in [-0.2, 0) is 17.9 Å². The van der Waals surface area contributed by atoms with Crippen molar-refractivity contribution in [3.8, 4) is 0 Å². The zero-order valence-electron chi connectivity index (χ0n) is 9.45. The van der Waals surface area contributed by atoms with Gasteiger partial charge in [-0.25, -0.2) is 4.98 Å². The lowest BCUT2D eigenvalue weighted by Gasteiger charge is -2.22. The average molecular weight is 210 g/mol. The number of aromatic nitrogens is 2. The van der Waals surface area contributed by atoms with Crippen LogP contribution in [0.25, 0.3) is 0 Å². The molecule has 0 fully saturated rings. The van der Waals surface area contributed by atoms with E-state index in [4.69, 9.17) is 5.73 Å². The van der Waals surface area contributed by atoms with Crippen molar-refractivity contribution in [2.45, 2.75) is 39.4 Å². The van der Waals surface area contributed by atoms with Crippen molar-refractivity contribution >= 4 is 5.91 Å². The SMILES string of the molecule is CCn1cncc1CNC(C)(C)C(N)=O. The number of amides is 1. The number of hydrogen-bond donors (Lipinski definition) is 2. The molecule has 0 aromatic carbocycles. The zero-order chi connectivity index (χ0) is 11.5. The quantitative estimate of drug-likeness (QED) is 0.732. The molecule has 0 saturated carbocycles. The Hall–Kier alpha value is -1.36. The van der Waals surface area contributed by atoms with Gasteiger partial charge in [0.2, 0.25) is 5.91 Å². The molecule has 5 heteroatoms. The lowest BCUT2D eigenvalue weighted by Crippen LogP contribution is -2.50. The second-order valence-electron chi connectivity index (χ2n) is 4.01. The number of rotatable bonds is 5. The Bertz CT molecular complexity index is 343. The maximum atomic E-state index is 11.1. The normalized spacial score (nSPS) is 11.7. The molecule has 1 amide bonds. The molecule has 1 rings (SSSR count). The molecule has 0 unspecified atom stereocenters. The largest absolute Gasteiger partial charge is 0.368 e. The fraction of sp³-hybridized carbons (Fsp3) is 0.600. The molecule has 15 heavy (non-hydrogen) atoms. The van der Waals surface area contributed by atoms with Gasteiger partial charge in [-0.3, -0.25) is 10.1 Å². The molecular formula is C10H18N4O. The monoisotopic (exact) mass is 210 g/mol. The number of primary amides is 1. The Morgan fingerprint density at radius 1 is 1.67 bits per heavy atom. The first-order chi connectivity index (χ1) is 6.97. The Morgan fingerprint density at radius 3 is 2.87 bits per heavy atom. The minimum atomic E-state index is -0.692. The van der Waals surface area contributed by atoms with E-state index < -0.39 is 5.54 Å². The van der Waals surface area contributed by atoms with Gasteiger partial charge in [0.15, 0.2) is 0 Å². The number of nitrogens with zero attached hydrogens (tertiary/aromatic N) is 2. The smallest absolute Gasteiger partial charge is 0.237 e. The van der Waals surface area contributed by atoms with Crippen LogP contribution < -0.4 is 11.1 Å². The number of nitrogens with one attached hydrogen (secondary N) is 1. The number of nitrogens with two attached hydrogens (primary N) is 1. The minimum absolute atomic E-state index is 0.356. The van der Waals surface area contributed by atoms with E-state index in [0.29, 0.717) is 6.54 Å². The molecule has 0 spiro atoms. The maximum absolute atomic E-state index is 11.1. The van der Waals surface area contributed by atoms with E-state index >= 15 is 0 Å². The van der Waals surface area contributed by atoms with Crippen molar-refractivity contribution < 1.29 is 4.79 Å². The highest BCUT2D eigenvalue weighted by molar-refractivity contribution is 5.83. The van der Waals surface area contributed by atoms with Gasteiger partial charge in [0.25, 0.3) is 0 Å². The van der Waals surface area contributed by atoms with Crippen LogP contribution in [0.5, 0.6) is 0 Å². The van der Waals surface area contributed by atoms with Crippen molar-refractivity contribution in [1.29, 1.82) is 0 Å². The highest BCUT2D eigenvalue weighted by atomic mass is 16.1. The molecule has 0 aliphatic rings. The van der Waals surface area contributed by atoms with Crippen LogP contribution in [0.1, 0.15) is 26.5 Å². The number of aryl methyl sites for hydroxylation is 1. The van der Waals surface area contributed by atoms with E-state index in [1.54, 1.807) is 26.4 Å². The standard InChI is InChI=1S/C10H18N4O/c1-4-14-7-12-5-8(14)6-13-10(2,3)9(11)15/h5,7,13H,4,6H2,1-3H3,(H2,11,15). The van der Waals surface area contributed by atoms with Crippen molar-refractivity contribution in [1.82, 2.24) is 14.9 Å². The molecule has 0 saturated heterocycles. The van der Waals surface area contributed by atoms with Crippen LogP contribution >= 0.6 is 0 Å². The molecule has 0 aliphatic heterocycles. The molecule has 3 N–H and O–H groups in total. The molecule has 0 bridgehead atoms. The zero-order valence-corrected chi connectivity index (χ0v) is 9.45. The predicted molar refractivity (Wildman–Crippen MR) is 58.0 cm³/mol. The Kier molecular flexibility index (Phi) is 3.47. The summed E-state index contributed by atoms with van der Waals surface area (Å²) < 4.78 is 2.02. The molecule has 5 nitrogen and oxygen atoms in total. The first-order valence-corrected chi connectivity index (χ1v) is 5.01. The molecule has 1 aromatic heterocycles. The highest BCUT2D eigenvalue weighted by Crippen LogP contribution is 2.04.